The van der Waals surface area contributed by atoms with Gasteiger partial charge in [0.05, 0.1) is 58.5 Å². The first-order valence-corrected chi connectivity index (χ1v) is 12.2. The fourth-order valence-corrected chi connectivity index (χ4v) is 5.36. The van der Waals surface area contributed by atoms with Crippen LogP contribution in [0.25, 0.3) is 0 Å². The van der Waals surface area contributed by atoms with Crippen LogP contribution in [0.3, 0.4) is 0 Å². The van der Waals surface area contributed by atoms with Crippen molar-refractivity contribution >= 4 is 5.69 Å². The van der Waals surface area contributed by atoms with Crippen LogP contribution in [-0.2, 0) is 18.9 Å². The van der Waals surface area contributed by atoms with Crippen LogP contribution in [-0.4, -0.2) is 92.8 Å². The molecule has 0 radical (unpaired) electrons. The number of nitrogens with two attached hydrogens (primary N) is 1. The lowest BCUT2D eigenvalue weighted by molar-refractivity contribution is -0.0458. The lowest BCUT2D eigenvalue weighted by Gasteiger charge is -2.43. The first-order valence-electron chi connectivity index (χ1n) is 12.2. The molecule has 1 aromatic heterocycles. The highest BCUT2D eigenvalue weighted by Crippen LogP contribution is 2.38. The number of ether oxygens (including phenoxy) is 5. The molecule has 2 bridgehead atoms. The van der Waals surface area contributed by atoms with Gasteiger partial charge in [-0.2, -0.15) is 0 Å². The average molecular weight is 453 g/mol. The quantitative estimate of drug-likeness (QED) is 0.456. The second kappa shape index (κ2) is 12.2. The van der Waals surface area contributed by atoms with Crippen molar-refractivity contribution in [3.8, 4) is 5.88 Å². The molecule has 2 saturated heterocycles. The van der Waals surface area contributed by atoms with E-state index in [9.17, 15) is 0 Å². The molecule has 3 aliphatic rings. The summed E-state index contributed by atoms with van der Waals surface area (Å²) < 4.78 is 29.4. The van der Waals surface area contributed by atoms with Gasteiger partial charge >= 0.3 is 0 Å². The smallest absolute Gasteiger partial charge is 0.256 e. The average Bonchev–Trinajstić information content (AvgIpc) is 3.30. The van der Waals surface area contributed by atoms with Crippen LogP contribution in [0.15, 0.2) is 6.20 Å². The number of hydrogen-bond donors (Lipinski definition) is 1. The maximum Gasteiger partial charge on any atom is 0.256 e. The molecule has 0 aromatic carbocycles. The fourth-order valence-electron chi connectivity index (χ4n) is 5.36. The van der Waals surface area contributed by atoms with Crippen LogP contribution >= 0.6 is 0 Å². The number of fused-ring (bicyclic) bond motifs is 2. The highest BCUT2D eigenvalue weighted by Gasteiger charge is 2.42. The monoisotopic (exact) mass is 452 g/mol. The zero-order chi connectivity index (χ0) is 22.2. The van der Waals surface area contributed by atoms with Crippen molar-refractivity contribution in [2.75, 3.05) is 65.7 Å². The lowest BCUT2D eigenvalue weighted by atomic mass is 9.89. The molecular weight excluding hydrogens is 412 g/mol. The first kappa shape index (κ1) is 23.8. The number of morpholine rings is 1. The Kier molecular flexibility index (Phi) is 9.04. The van der Waals surface area contributed by atoms with Crippen molar-refractivity contribution in [2.24, 2.45) is 0 Å². The molecule has 0 amide bonds. The third-order valence-corrected chi connectivity index (χ3v) is 6.96. The standard InChI is InChI=1S/C23H40N4O5/c1-28-11-12-30-14-13-29-9-2-10-32-23-22(24)15-26(25-23)18-3-5-19(6-4-18)27-20-7-8-21(27)17-31-16-20/h15,18-21H,2-14,16-17,24H2,1H3. The molecule has 4 rings (SSSR count). The number of methoxy groups -OCH3 is 1. The predicted molar refractivity (Wildman–Crippen MR) is 121 cm³/mol. The second-order valence-corrected chi connectivity index (χ2v) is 9.12. The summed E-state index contributed by atoms with van der Waals surface area (Å²) in [6, 6.07) is 2.39. The van der Waals surface area contributed by atoms with Crippen LogP contribution < -0.4 is 10.5 Å². The molecule has 9 nitrogen and oxygen atoms in total. The largest absolute Gasteiger partial charge is 0.475 e. The van der Waals surface area contributed by atoms with Gasteiger partial charge in [0.2, 0.25) is 0 Å². The Morgan fingerprint density at radius 2 is 1.50 bits per heavy atom. The minimum absolute atomic E-state index is 0.408. The second-order valence-electron chi connectivity index (χ2n) is 9.12. The lowest BCUT2D eigenvalue weighted by Crippen LogP contribution is -2.52. The summed E-state index contributed by atoms with van der Waals surface area (Å²) in [4.78, 5) is 2.78. The van der Waals surface area contributed by atoms with E-state index in [1.54, 1.807) is 7.11 Å². The third-order valence-electron chi connectivity index (χ3n) is 6.96. The first-order chi connectivity index (χ1) is 15.8. The van der Waals surface area contributed by atoms with Gasteiger partial charge in [-0.25, -0.2) is 0 Å². The Morgan fingerprint density at radius 3 is 2.22 bits per heavy atom. The molecule has 9 heteroatoms. The van der Waals surface area contributed by atoms with Gasteiger partial charge in [0.15, 0.2) is 0 Å². The van der Waals surface area contributed by atoms with E-state index < -0.39 is 0 Å². The predicted octanol–water partition coefficient (Wildman–Crippen LogP) is 2.26. The third kappa shape index (κ3) is 6.14. The van der Waals surface area contributed by atoms with Crippen LogP contribution in [0.2, 0.25) is 0 Å². The van der Waals surface area contributed by atoms with Crippen LogP contribution in [0, 0.1) is 0 Å². The van der Waals surface area contributed by atoms with Gasteiger partial charge < -0.3 is 29.4 Å². The van der Waals surface area contributed by atoms with E-state index >= 15 is 0 Å². The molecule has 3 heterocycles. The maximum absolute atomic E-state index is 6.17. The zero-order valence-electron chi connectivity index (χ0n) is 19.5. The van der Waals surface area contributed by atoms with Crippen molar-refractivity contribution in [3.63, 3.8) is 0 Å². The summed E-state index contributed by atoms with van der Waals surface area (Å²) in [6.07, 6.45) is 10.1. The molecule has 32 heavy (non-hydrogen) atoms. The number of rotatable bonds is 13. The Hall–Kier alpha value is -1.39. The normalized spacial score (nSPS) is 28.3. The van der Waals surface area contributed by atoms with Gasteiger partial charge in [-0.3, -0.25) is 9.58 Å². The summed E-state index contributed by atoms with van der Waals surface area (Å²) in [5.41, 5.74) is 6.79. The molecule has 1 aliphatic carbocycles. The summed E-state index contributed by atoms with van der Waals surface area (Å²) >= 11 is 0. The van der Waals surface area contributed by atoms with E-state index in [-0.39, 0.29) is 0 Å². The highest BCUT2D eigenvalue weighted by atomic mass is 16.5. The van der Waals surface area contributed by atoms with Gasteiger partial charge in [0, 0.05) is 38.3 Å². The number of nitrogens with zero attached hydrogens (tertiary/aromatic N) is 3. The molecule has 2 unspecified atom stereocenters. The fraction of sp³-hybridized carbons (Fsp3) is 0.870. The van der Waals surface area contributed by atoms with Crippen LogP contribution in [0.1, 0.15) is 51.0 Å². The summed E-state index contributed by atoms with van der Waals surface area (Å²) in [6.45, 7) is 5.37. The van der Waals surface area contributed by atoms with Crippen LogP contribution in [0.4, 0.5) is 5.69 Å². The molecule has 2 aliphatic heterocycles. The highest BCUT2D eigenvalue weighted by molar-refractivity contribution is 5.46. The molecular formula is C23H40N4O5. The molecule has 2 N–H and O–H groups in total. The minimum atomic E-state index is 0.408. The number of anilines is 1. The summed E-state index contributed by atoms with van der Waals surface area (Å²) in [7, 11) is 1.66. The number of hydrogen-bond acceptors (Lipinski definition) is 8. The van der Waals surface area contributed by atoms with Gasteiger partial charge in [0.1, 0.15) is 5.69 Å². The summed E-state index contributed by atoms with van der Waals surface area (Å²) in [5.74, 6) is 0.543. The molecule has 3 fully saturated rings. The van der Waals surface area contributed by atoms with Crippen molar-refractivity contribution in [1.29, 1.82) is 0 Å². The van der Waals surface area contributed by atoms with E-state index in [2.05, 4.69) is 10.00 Å². The summed E-state index contributed by atoms with van der Waals surface area (Å²) in [5, 5.41) is 4.65. The molecule has 1 saturated carbocycles. The Bertz CT molecular complexity index is 663. The van der Waals surface area contributed by atoms with Crippen molar-refractivity contribution in [3.05, 3.63) is 6.20 Å². The van der Waals surface area contributed by atoms with Crippen molar-refractivity contribution < 1.29 is 23.7 Å². The van der Waals surface area contributed by atoms with E-state index in [0.29, 0.717) is 75.4 Å². The van der Waals surface area contributed by atoms with E-state index in [0.717, 1.165) is 32.5 Å². The molecule has 182 valence electrons. The van der Waals surface area contributed by atoms with Crippen LogP contribution in [0.5, 0.6) is 5.88 Å². The maximum atomic E-state index is 6.17. The Balaban J connectivity index is 1.13. The van der Waals surface area contributed by atoms with Gasteiger partial charge in [-0.1, -0.05) is 0 Å². The Morgan fingerprint density at radius 1 is 0.875 bits per heavy atom. The van der Waals surface area contributed by atoms with Crippen molar-refractivity contribution in [2.45, 2.75) is 69.1 Å². The Labute approximate surface area is 191 Å². The van der Waals surface area contributed by atoms with Crippen molar-refractivity contribution in [1.82, 2.24) is 14.7 Å². The van der Waals surface area contributed by atoms with E-state index in [4.69, 9.17) is 29.4 Å². The van der Waals surface area contributed by atoms with E-state index in [1.807, 2.05) is 10.9 Å². The van der Waals surface area contributed by atoms with Gasteiger partial charge in [0.25, 0.3) is 5.88 Å². The van der Waals surface area contributed by atoms with E-state index in [1.165, 1.54) is 25.7 Å². The molecule has 2 atom stereocenters. The SMILES string of the molecule is COCCOCCOCCCOc1nn(C2CCC(N3C4CCC3COC4)CC2)cc1N. The van der Waals surface area contributed by atoms with Gasteiger partial charge in [-0.15, -0.1) is 5.10 Å². The topological polar surface area (TPSA) is 93.2 Å². The number of nitrogen functional groups attached to an aromatic ring is 1. The van der Waals surface area contributed by atoms with Gasteiger partial charge in [-0.05, 0) is 38.5 Å². The number of aromatic nitrogens is 2. The molecule has 1 aromatic rings. The molecule has 0 spiro atoms. The minimum Gasteiger partial charge on any atom is -0.475 e. The zero-order valence-corrected chi connectivity index (χ0v) is 19.5.